The van der Waals surface area contributed by atoms with Crippen LogP contribution >= 0.6 is 11.3 Å². The van der Waals surface area contributed by atoms with Crippen molar-refractivity contribution in [3.8, 4) is 6.07 Å². The average molecular weight is 279 g/mol. The Morgan fingerprint density at radius 1 is 1.26 bits per heavy atom. The second-order valence-corrected chi connectivity index (χ2v) is 5.33. The number of hydrogen-bond donors (Lipinski definition) is 0. The Bertz CT molecular complexity index is 420. The van der Waals surface area contributed by atoms with Crippen LogP contribution in [0.15, 0.2) is 10.8 Å². The fourth-order valence-corrected chi connectivity index (χ4v) is 2.62. The first-order valence-corrected chi connectivity index (χ1v) is 7.83. The van der Waals surface area contributed by atoms with Crippen molar-refractivity contribution in [1.82, 2.24) is 0 Å². The van der Waals surface area contributed by atoms with Crippen LogP contribution in [0.4, 0.5) is 0 Å². The maximum Gasteiger partial charge on any atom is 0.310 e. The number of unbranched alkanes of at least 4 members (excludes halogenated alkanes) is 5. The van der Waals surface area contributed by atoms with E-state index in [1.165, 1.54) is 37.0 Å². The van der Waals surface area contributed by atoms with Gasteiger partial charge in [-0.25, -0.2) is 0 Å². The number of carbonyl (C=O) groups excluding carboxylic acids is 1. The molecule has 0 bridgehead atoms. The molecule has 0 amide bonds. The fraction of sp³-hybridized carbons (Fsp3) is 0.600. The van der Waals surface area contributed by atoms with Gasteiger partial charge >= 0.3 is 5.97 Å². The lowest BCUT2D eigenvalue weighted by atomic mass is 10.1. The van der Waals surface area contributed by atoms with Gasteiger partial charge in [0, 0.05) is 5.38 Å². The van der Waals surface area contributed by atoms with E-state index in [0.29, 0.717) is 12.2 Å². The molecule has 1 aromatic rings. The highest BCUT2D eigenvalue weighted by Crippen LogP contribution is 2.15. The molecule has 19 heavy (non-hydrogen) atoms. The number of carbonyl (C=O) groups is 1. The fourth-order valence-electron chi connectivity index (χ4n) is 1.83. The maximum absolute atomic E-state index is 11.6. The molecule has 0 aliphatic heterocycles. The molecule has 1 aromatic heterocycles. The number of hydrogen-bond acceptors (Lipinski definition) is 4. The SMILES string of the molecule is CCCCCCCCOC(=O)Cc1cscc1C#N. The molecule has 0 aliphatic rings. The summed E-state index contributed by atoms with van der Waals surface area (Å²) in [5.74, 6) is -0.233. The third-order valence-electron chi connectivity index (χ3n) is 2.96. The van der Waals surface area contributed by atoms with Gasteiger partial charge in [0.05, 0.1) is 18.6 Å². The second kappa shape index (κ2) is 9.57. The highest BCUT2D eigenvalue weighted by Gasteiger charge is 2.09. The van der Waals surface area contributed by atoms with Crippen LogP contribution in [0.3, 0.4) is 0 Å². The van der Waals surface area contributed by atoms with Crippen molar-refractivity contribution in [3.63, 3.8) is 0 Å². The molecular formula is C15H21NO2S. The monoisotopic (exact) mass is 279 g/mol. The molecule has 0 aliphatic carbocycles. The van der Waals surface area contributed by atoms with Crippen molar-refractivity contribution < 1.29 is 9.53 Å². The van der Waals surface area contributed by atoms with Crippen LogP contribution in [0, 0.1) is 11.3 Å². The van der Waals surface area contributed by atoms with Crippen LogP contribution in [-0.4, -0.2) is 12.6 Å². The first-order chi connectivity index (χ1) is 9.27. The average Bonchev–Trinajstić information content (AvgIpc) is 2.85. The number of nitriles is 1. The lowest BCUT2D eigenvalue weighted by molar-refractivity contribution is -0.142. The summed E-state index contributed by atoms with van der Waals surface area (Å²) in [6.45, 7) is 2.69. The van der Waals surface area contributed by atoms with E-state index in [-0.39, 0.29) is 12.4 Å². The van der Waals surface area contributed by atoms with Crippen LogP contribution < -0.4 is 0 Å². The third kappa shape index (κ3) is 6.40. The van der Waals surface area contributed by atoms with Gasteiger partial charge in [-0.15, -0.1) is 0 Å². The van der Waals surface area contributed by atoms with Crippen LogP contribution in [-0.2, 0) is 16.0 Å². The summed E-state index contributed by atoms with van der Waals surface area (Å²) in [4.78, 5) is 11.6. The quantitative estimate of drug-likeness (QED) is 0.506. The summed E-state index contributed by atoms with van der Waals surface area (Å²) >= 11 is 1.44. The molecule has 4 heteroatoms. The van der Waals surface area contributed by atoms with E-state index in [1.807, 2.05) is 5.38 Å². The van der Waals surface area contributed by atoms with Gasteiger partial charge in [0.15, 0.2) is 0 Å². The molecule has 1 rings (SSSR count). The number of esters is 1. The minimum atomic E-state index is -0.233. The largest absolute Gasteiger partial charge is 0.465 e. The summed E-state index contributed by atoms with van der Waals surface area (Å²) in [7, 11) is 0. The Kier molecular flexibility index (Phi) is 7.92. The Morgan fingerprint density at radius 2 is 2.00 bits per heavy atom. The van der Waals surface area contributed by atoms with Crippen molar-refractivity contribution in [2.45, 2.75) is 51.9 Å². The van der Waals surface area contributed by atoms with Gasteiger partial charge in [-0.2, -0.15) is 16.6 Å². The van der Waals surface area contributed by atoms with Crippen LogP contribution in [0.1, 0.15) is 56.6 Å². The lowest BCUT2D eigenvalue weighted by Gasteiger charge is -2.04. The second-order valence-electron chi connectivity index (χ2n) is 4.59. The van der Waals surface area contributed by atoms with E-state index in [9.17, 15) is 4.79 Å². The van der Waals surface area contributed by atoms with E-state index >= 15 is 0 Å². The van der Waals surface area contributed by atoms with Crippen LogP contribution in [0.5, 0.6) is 0 Å². The summed E-state index contributed by atoms with van der Waals surface area (Å²) < 4.78 is 5.18. The Balaban J connectivity index is 2.10. The summed E-state index contributed by atoms with van der Waals surface area (Å²) in [6, 6.07) is 2.08. The molecule has 3 nitrogen and oxygen atoms in total. The lowest BCUT2D eigenvalue weighted by Crippen LogP contribution is -2.09. The molecule has 0 saturated heterocycles. The van der Waals surface area contributed by atoms with Crippen molar-refractivity contribution in [3.05, 3.63) is 21.9 Å². The van der Waals surface area contributed by atoms with Gasteiger partial charge in [-0.3, -0.25) is 4.79 Å². The normalized spacial score (nSPS) is 10.1. The summed E-state index contributed by atoms with van der Waals surface area (Å²) in [6.07, 6.45) is 7.28. The van der Waals surface area contributed by atoms with Gasteiger partial charge < -0.3 is 4.74 Å². The Labute approximate surface area is 119 Å². The number of thiophene rings is 1. The van der Waals surface area contributed by atoms with Gasteiger partial charge in [-0.05, 0) is 17.4 Å². The maximum atomic E-state index is 11.6. The minimum Gasteiger partial charge on any atom is -0.465 e. The molecule has 0 aromatic carbocycles. The molecule has 0 atom stereocenters. The van der Waals surface area contributed by atoms with Gasteiger partial charge in [0.1, 0.15) is 6.07 Å². The van der Waals surface area contributed by atoms with Gasteiger partial charge in [-0.1, -0.05) is 39.0 Å². The molecule has 0 spiro atoms. The van der Waals surface area contributed by atoms with E-state index in [1.54, 1.807) is 5.38 Å². The Morgan fingerprint density at radius 3 is 2.74 bits per heavy atom. The standard InChI is InChI=1S/C15H21NO2S/c1-2-3-4-5-6-7-8-18-15(17)9-13-11-19-12-14(13)10-16/h11-12H,2-9H2,1H3. The summed E-state index contributed by atoms with van der Waals surface area (Å²) in [5.41, 5.74) is 1.36. The molecule has 0 fully saturated rings. The highest BCUT2D eigenvalue weighted by atomic mass is 32.1. The topological polar surface area (TPSA) is 50.1 Å². The van der Waals surface area contributed by atoms with E-state index in [2.05, 4.69) is 13.0 Å². The zero-order valence-corrected chi connectivity index (χ0v) is 12.3. The van der Waals surface area contributed by atoms with Crippen LogP contribution in [0.2, 0.25) is 0 Å². The number of nitrogens with zero attached hydrogens (tertiary/aromatic N) is 1. The van der Waals surface area contributed by atoms with E-state index in [0.717, 1.165) is 18.4 Å². The highest BCUT2D eigenvalue weighted by molar-refractivity contribution is 7.08. The van der Waals surface area contributed by atoms with E-state index in [4.69, 9.17) is 10.00 Å². The molecule has 0 saturated carbocycles. The smallest absolute Gasteiger partial charge is 0.310 e. The zero-order chi connectivity index (χ0) is 13.9. The molecule has 104 valence electrons. The molecule has 0 radical (unpaired) electrons. The third-order valence-corrected chi connectivity index (χ3v) is 3.75. The van der Waals surface area contributed by atoms with Gasteiger partial charge in [0.2, 0.25) is 0 Å². The number of rotatable bonds is 9. The summed E-state index contributed by atoms with van der Waals surface area (Å²) in [5, 5.41) is 12.4. The van der Waals surface area contributed by atoms with Crippen molar-refractivity contribution in [1.29, 1.82) is 5.26 Å². The molecule has 0 unspecified atom stereocenters. The van der Waals surface area contributed by atoms with Crippen LogP contribution in [0.25, 0.3) is 0 Å². The first kappa shape index (κ1) is 15.7. The van der Waals surface area contributed by atoms with Gasteiger partial charge in [0.25, 0.3) is 0 Å². The zero-order valence-electron chi connectivity index (χ0n) is 11.5. The van der Waals surface area contributed by atoms with Crippen molar-refractivity contribution in [2.75, 3.05) is 6.61 Å². The minimum absolute atomic E-state index is 0.211. The number of ether oxygens (including phenoxy) is 1. The van der Waals surface area contributed by atoms with Crippen molar-refractivity contribution >= 4 is 17.3 Å². The first-order valence-electron chi connectivity index (χ1n) is 6.88. The predicted molar refractivity (Wildman–Crippen MR) is 77.1 cm³/mol. The molecular weight excluding hydrogens is 258 g/mol. The Hall–Kier alpha value is -1.34. The molecule has 1 heterocycles. The molecule has 0 N–H and O–H groups in total. The van der Waals surface area contributed by atoms with Crippen molar-refractivity contribution in [2.24, 2.45) is 0 Å². The predicted octanol–water partition coefficient (Wildman–Crippen LogP) is 4.07. The van der Waals surface area contributed by atoms with E-state index < -0.39 is 0 Å².